The molecule has 0 spiro atoms. The Balaban J connectivity index is 2.40. The molecule has 1 aliphatic rings. The molecule has 1 aromatic carbocycles. The van der Waals surface area contributed by atoms with Gasteiger partial charge in [-0.15, -0.1) is 0 Å². The zero-order valence-corrected chi connectivity index (χ0v) is 8.87. The quantitative estimate of drug-likeness (QED) is 0.738. The van der Waals surface area contributed by atoms with Crippen molar-refractivity contribution in [2.24, 2.45) is 0 Å². The minimum absolute atomic E-state index is 0.326. The molecule has 0 bridgehead atoms. The van der Waals surface area contributed by atoms with Gasteiger partial charge in [0.15, 0.2) is 6.29 Å². The van der Waals surface area contributed by atoms with E-state index < -0.39 is 11.8 Å². The maximum absolute atomic E-state index is 12.9. The summed E-state index contributed by atoms with van der Waals surface area (Å²) in [5.74, 6) is 0.420. The smallest absolute Gasteiger partial charge is 0.248 e. The second kappa shape index (κ2) is 3.85. The second-order valence-corrected chi connectivity index (χ2v) is 4.03. The molecule has 1 aromatic rings. The molecule has 0 aromatic heterocycles. The molecule has 1 fully saturated rings. The van der Waals surface area contributed by atoms with Crippen LogP contribution >= 0.6 is 0 Å². The van der Waals surface area contributed by atoms with E-state index in [9.17, 15) is 13.6 Å². The Morgan fingerprint density at radius 3 is 2.56 bits per heavy atom. The lowest BCUT2D eigenvalue weighted by atomic mass is 9.94. The van der Waals surface area contributed by atoms with E-state index in [1.165, 1.54) is 13.2 Å². The number of methoxy groups -OCH3 is 1. The highest BCUT2D eigenvalue weighted by molar-refractivity contribution is 5.80. The molecule has 0 radical (unpaired) electrons. The van der Waals surface area contributed by atoms with Gasteiger partial charge < -0.3 is 4.74 Å². The normalized spacial score (nSPS) is 17.2. The van der Waals surface area contributed by atoms with Crippen molar-refractivity contribution in [1.82, 2.24) is 0 Å². The van der Waals surface area contributed by atoms with Crippen LogP contribution in [0.2, 0.25) is 0 Å². The molecule has 0 unspecified atom stereocenters. The van der Waals surface area contributed by atoms with E-state index in [-0.39, 0.29) is 0 Å². The first kappa shape index (κ1) is 11.0. The Morgan fingerprint density at radius 1 is 1.44 bits per heavy atom. The first-order valence-corrected chi connectivity index (χ1v) is 5.06. The Morgan fingerprint density at radius 2 is 2.12 bits per heavy atom. The Kier molecular flexibility index (Phi) is 2.66. The predicted octanol–water partition coefficient (Wildman–Crippen LogP) is 2.80. The number of carbonyl (C=O) groups excluding carboxylic acids is 1. The van der Waals surface area contributed by atoms with E-state index in [2.05, 4.69) is 0 Å². The fraction of sp³-hybridized carbons (Fsp3) is 0.417. The van der Waals surface area contributed by atoms with E-state index in [1.54, 1.807) is 12.1 Å². The largest absolute Gasteiger partial charge is 0.496 e. The minimum atomic E-state index is -2.37. The van der Waals surface area contributed by atoms with Crippen molar-refractivity contribution in [3.05, 3.63) is 29.3 Å². The van der Waals surface area contributed by atoms with Crippen LogP contribution in [-0.2, 0) is 5.41 Å². The standard InChI is InChI=1S/C12H12F2O2/c1-16-10-3-2-9(6-8(10)7-15)12(4-5-12)11(13)14/h2-3,6-7,11H,4-5H2,1H3. The fourth-order valence-electron chi connectivity index (χ4n) is 1.90. The molecule has 86 valence electrons. The molecule has 4 heteroatoms. The summed E-state index contributed by atoms with van der Waals surface area (Å²) >= 11 is 0. The van der Waals surface area contributed by atoms with Crippen LogP contribution in [0.1, 0.15) is 28.8 Å². The molecule has 0 amide bonds. The van der Waals surface area contributed by atoms with E-state index in [4.69, 9.17) is 4.74 Å². The van der Waals surface area contributed by atoms with Gasteiger partial charge in [-0.2, -0.15) is 0 Å². The number of halogens is 2. The van der Waals surface area contributed by atoms with Crippen LogP contribution in [0.5, 0.6) is 5.75 Å². The summed E-state index contributed by atoms with van der Waals surface area (Å²) in [5, 5.41) is 0. The molecule has 0 aliphatic heterocycles. The Bertz CT molecular complexity index is 411. The van der Waals surface area contributed by atoms with Gasteiger partial charge in [0.2, 0.25) is 6.43 Å². The van der Waals surface area contributed by atoms with Crippen molar-refractivity contribution in [1.29, 1.82) is 0 Å². The number of alkyl halides is 2. The highest BCUT2D eigenvalue weighted by atomic mass is 19.3. The zero-order valence-electron chi connectivity index (χ0n) is 8.87. The van der Waals surface area contributed by atoms with Crippen molar-refractivity contribution >= 4 is 6.29 Å². The summed E-state index contributed by atoms with van der Waals surface area (Å²) in [6, 6.07) is 4.69. The van der Waals surface area contributed by atoms with Crippen molar-refractivity contribution < 1.29 is 18.3 Å². The van der Waals surface area contributed by atoms with Crippen molar-refractivity contribution in [2.45, 2.75) is 24.7 Å². The van der Waals surface area contributed by atoms with Crippen LogP contribution in [0.4, 0.5) is 8.78 Å². The summed E-state index contributed by atoms with van der Waals surface area (Å²) in [6.45, 7) is 0. The number of hydrogen-bond donors (Lipinski definition) is 0. The molecule has 0 atom stereocenters. The topological polar surface area (TPSA) is 26.3 Å². The highest BCUT2D eigenvalue weighted by Gasteiger charge is 2.52. The van der Waals surface area contributed by atoms with E-state index in [0.29, 0.717) is 36.0 Å². The van der Waals surface area contributed by atoms with Crippen LogP contribution in [0.3, 0.4) is 0 Å². The summed E-state index contributed by atoms with van der Waals surface area (Å²) in [5.41, 5.74) is -0.165. The molecule has 1 saturated carbocycles. The molecule has 0 N–H and O–H groups in total. The van der Waals surface area contributed by atoms with Gasteiger partial charge in [0.25, 0.3) is 0 Å². The second-order valence-electron chi connectivity index (χ2n) is 4.03. The van der Waals surface area contributed by atoms with Crippen LogP contribution in [0, 0.1) is 0 Å². The van der Waals surface area contributed by atoms with Crippen molar-refractivity contribution in [2.75, 3.05) is 7.11 Å². The molecule has 0 heterocycles. The molecule has 1 aliphatic carbocycles. The van der Waals surface area contributed by atoms with Crippen molar-refractivity contribution in [3.63, 3.8) is 0 Å². The fourth-order valence-corrected chi connectivity index (χ4v) is 1.90. The molecule has 2 rings (SSSR count). The van der Waals surface area contributed by atoms with Gasteiger partial charge >= 0.3 is 0 Å². The van der Waals surface area contributed by atoms with Gasteiger partial charge in [-0.25, -0.2) is 8.78 Å². The lowest BCUT2D eigenvalue weighted by molar-refractivity contribution is 0.101. The van der Waals surface area contributed by atoms with Crippen LogP contribution in [0.25, 0.3) is 0 Å². The number of benzene rings is 1. The SMILES string of the molecule is COc1ccc(C2(C(F)F)CC2)cc1C=O. The maximum atomic E-state index is 12.9. The first-order valence-electron chi connectivity index (χ1n) is 5.06. The molecular weight excluding hydrogens is 214 g/mol. The number of hydrogen-bond acceptors (Lipinski definition) is 2. The van der Waals surface area contributed by atoms with E-state index in [1.807, 2.05) is 0 Å². The summed E-state index contributed by atoms with van der Waals surface area (Å²) in [6.07, 6.45) is -0.783. The first-order chi connectivity index (χ1) is 7.64. The third-order valence-corrected chi connectivity index (χ3v) is 3.14. The van der Waals surface area contributed by atoms with Gasteiger partial charge in [-0.3, -0.25) is 4.79 Å². The molecule has 2 nitrogen and oxygen atoms in total. The third kappa shape index (κ3) is 1.58. The zero-order chi connectivity index (χ0) is 11.8. The van der Waals surface area contributed by atoms with Gasteiger partial charge in [-0.05, 0) is 30.5 Å². The van der Waals surface area contributed by atoms with Gasteiger partial charge in [0.1, 0.15) is 5.75 Å². The average molecular weight is 226 g/mol. The molecule has 0 saturated heterocycles. The lowest BCUT2D eigenvalue weighted by Gasteiger charge is -2.15. The van der Waals surface area contributed by atoms with E-state index in [0.717, 1.165) is 0 Å². The lowest BCUT2D eigenvalue weighted by Crippen LogP contribution is -2.17. The predicted molar refractivity (Wildman–Crippen MR) is 55.3 cm³/mol. The number of ether oxygens (including phenoxy) is 1. The minimum Gasteiger partial charge on any atom is -0.496 e. The van der Waals surface area contributed by atoms with Gasteiger partial charge in [-0.1, -0.05) is 6.07 Å². The summed E-state index contributed by atoms with van der Waals surface area (Å²) in [4.78, 5) is 10.8. The summed E-state index contributed by atoms with van der Waals surface area (Å²) < 4.78 is 30.7. The highest BCUT2D eigenvalue weighted by Crippen LogP contribution is 2.53. The summed E-state index contributed by atoms with van der Waals surface area (Å²) in [7, 11) is 1.45. The van der Waals surface area contributed by atoms with Crippen LogP contribution in [0.15, 0.2) is 18.2 Å². The third-order valence-electron chi connectivity index (χ3n) is 3.14. The van der Waals surface area contributed by atoms with Crippen LogP contribution in [-0.4, -0.2) is 19.8 Å². The number of rotatable bonds is 4. The number of carbonyl (C=O) groups is 1. The van der Waals surface area contributed by atoms with Gasteiger partial charge in [0.05, 0.1) is 18.1 Å². The maximum Gasteiger partial charge on any atom is 0.248 e. The van der Waals surface area contributed by atoms with Gasteiger partial charge in [0, 0.05) is 0 Å². The number of aldehydes is 1. The van der Waals surface area contributed by atoms with Crippen molar-refractivity contribution in [3.8, 4) is 5.75 Å². The van der Waals surface area contributed by atoms with Crippen LogP contribution < -0.4 is 4.74 Å². The molecular formula is C12H12F2O2. The monoisotopic (exact) mass is 226 g/mol. The van der Waals surface area contributed by atoms with E-state index >= 15 is 0 Å². The Hall–Kier alpha value is -1.45. The Labute approximate surface area is 92.2 Å². The average Bonchev–Trinajstić information content (AvgIpc) is 3.09. The molecule has 16 heavy (non-hydrogen) atoms.